The van der Waals surface area contributed by atoms with Crippen LogP contribution in [0.5, 0.6) is 0 Å². The van der Waals surface area contributed by atoms with E-state index in [-0.39, 0.29) is 31.5 Å². The zero-order chi connectivity index (χ0) is 33.9. The van der Waals surface area contributed by atoms with Crippen LogP contribution in [-0.2, 0) is 23.9 Å². The van der Waals surface area contributed by atoms with Crippen LogP contribution in [0.4, 0.5) is 0 Å². The zero-order valence-corrected chi connectivity index (χ0v) is 30.6. The van der Waals surface area contributed by atoms with E-state index in [9.17, 15) is 19.5 Å². The molecule has 0 rings (SSSR count). The molecule has 7 nitrogen and oxygen atoms in total. The van der Waals surface area contributed by atoms with E-state index in [1.54, 1.807) is 0 Å². The lowest BCUT2D eigenvalue weighted by Gasteiger charge is -2.19. The highest BCUT2D eigenvalue weighted by Gasteiger charge is 2.21. The van der Waals surface area contributed by atoms with Crippen molar-refractivity contribution in [1.29, 1.82) is 0 Å². The van der Waals surface area contributed by atoms with Gasteiger partial charge in [-0.2, -0.15) is 0 Å². The maximum Gasteiger partial charge on any atom is 0.309 e. The lowest BCUT2D eigenvalue weighted by molar-refractivity contribution is -0.156. The van der Waals surface area contributed by atoms with Gasteiger partial charge in [-0.1, -0.05) is 162 Å². The first kappa shape index (κ1) is 44.4. The summed E-state index contributed by atoms with van der Waals surface area (Å²) in [4.78, 5) is 37.6. The predicted octanol–water partition coefficient (Wildman–Crippen LogP) is 10.3. The molecule has 0 aliphatic rings. The van der Waals surface area contributed by atoms with Crippen molar-refractivity contribution >= 4 is 17.8 Å². The van der Waals surface area contributed by atoms with Gasteiger partial charge in [0.25, 0.3) is 0 Å². The molecular weight excluding hydrogens is 578 g/mol. The van der Waals surface area contributed by atoms with Gasteiger partial charge in [0.1, 0.15) is 12.7 Å². The summed E-state index contributed by atoms with van der Waals surface area (Å²) < 4.78 is 11.2. The first-order valence-electron chi connectivity index (χ1n) is 19.7. The molecule has 0 aliphatic carbocycles. The molecule has 0 aromatic heterocycles. The van der Waals surface area contributed by atoms with Gasteiger partial charge in [0.05, 0.1) is 19.1 Å². The highest BCUT2D eigenvalue weighted by atomic mass is 16.6. The second-order valence-electron chi connectivity index (χ2n) is 13.5. The van der Waals surface area contributed by atoms with Crippen molar-refractivity contribution in [3.8, 4) is 0 Å². The van der Waals surface area contributed by atoms with Crippen LogP contribution in [-0.4, -0.2) is 48.3 Å². The van der Waals surface area contributed by atoms with Crippen molar-refractivity contribution in [3.05, 3.63) is 0 Å². The van der Waals surface area contributed by atoms with Crippen LogP contribution in [0.3, 0.4) is 0 Å². The summed E-state index contributed by atoms with van der Waals surface area (Å²) in [5.41, 5.74) is 0. The second kappa shape index (κ2) is 34.7. The fraction of sp³-hybridized carbons (Fsp3) is 0.923. The molecule has 2 atom stereocenters. The summed E-state index contributed by atoms with van der Waals surface area (Å²) in [6.07, 6.45) is 30.5. The number of unbranched alkanes of at least 4 members (excludes halogenated alkanes) is 22. The Morgan fingerprint density at radius 1 is 0.543 bits per heavy atom. The van der Waals surface area contributed by atoms with Gasteiger partial charge in [0.15, 0.2) is 0 Å². The Bertz CT molecular complexity index is 700. The molecular formula is C39H75NO6. The fourth-order valence-corrected chi connectivity index (χ4v) is 5.83. The number of carbonyl (C=O) groups excluding carboxylic acids is 3. The van der Waals surface area contributed by atoms with Crippen LogP contribution in [0.25, 0.3) is 0 Å². The van der Waals surface area contributed by atoms with E-state index >= 15 is 0 Å². The Morgan fingerprint density at radius 2 is 0.957 bits per heavy atom. The molecule has 272 valence electrons. The highest BCUT2D eigenvalue weighted by Crippen LogP contribution is 2.16. The van der Waals surface area contributed by atoms with E-state index in [1.807, 2.05) is 0 Å². The molecule has 0 aliphatic heterocycles. The minimum Gasteiger partial charge on any atom is -0.463 e. The molecule has 0 aromatic rings. The third-order valence-electron chi connectivity index (χ3n) is 8.84. The van der Waals surface area contributed by atoms with Crippen LogP contribution >= 0.6 is 0 Å². The number of amides is 1. The number of esters is 2. The lowest BCUT2D eigenvalue weighted by Crippen LogP contribution is -2.41. The topological polar surface area (TPSA) is 102 Å². The van der Waals surface area contributed by atoms with Crippen LogP contribution in [0.2, 0.25) is 0 Å². The number of ether oxygens (including phenoxy) is 2. The maximum atomic E-state index is 12.7. The van der Waals surface area contributed by atoms with Crippen LogP contribution in [0.15, 0.2) is 0 Å². The Balaban J connectivity index is 4.31. The van der Waals surface area contributed by atoms with E-state index in [1.165, 1.54) is 96.3 Å². The molecule has 0 bridgehead atoms. The van der Waals surface area contributed by atoms with Gasteiger partial charge < -0.3 is 19.9 Å². The lowest BCUT2D eigenvalue weighted by atomic mass is 10.1. The van der Waals surface area contributed by atoms with Gasteiger partial charge in [0.2, 0.25) is 5.91 Å². The predicted molar refractivity (Wildman–Crippen MR) is 191 cm³/mol. The van der Waals surface area contributed by atoms with Crippen molar-refractivity contribution in [2.75, 3.05) is 13.2 Å². The summed E-state index contributed by atoms with van der Waals surface area (Å²) in [7, 11) is 0. The normalized spacial score (nSPS) is 12.5. The van der Waals surface area contributed by atoms with Crippen LogP contribution < -0.4 is 5.32 Å². The summed E-state index contributed by atoms with van der Waals surface area (Å²) in [6, 6.07) is -0.633. The molecule has 0 spiro atoms. The average molecular weight is 654 g/mol. The molecule has 0 fully saturated rings. The summed E-state index contributed by atoms with van der Waals surface area (Å²) >= 11 is 0. The van der Waals surface area contributed by atoms with Gasteiger partial charge in [-0.15, -0.1) is 0 Å². The number of hydrogen-bond acceptors (Lipinski definition) is 6. The molecule has 0 saturated heterocycles. The van der Waals surface area contributed by atoms with E-state index < -0.39 is 18.1 Å². The first-order valence-corrected chi connectivity index (χ1v) is 19.7. The standard InChI is InChI=1S/C39H75NO6/c1-4-7-10-13-15-17-18-20-21-24-27-30-37(42)40-35(33-41)34-45-39(44)32-36(29-26-23-12-9-6-3)46-38(43)31-28-25-22-19-16-14-11-8-5-2/h35-36,41H,4-34H2,1-3H3,(H,40,42). The smallest absolute Gasteiger partial charge is 0.309 e. The van der Waals surface area contributed by atoms with Gasteiger partial charge >= 0.3 is 11.9 Å². The summed E-state index contributed by atoms with van der Waals surface area (Å²) in [5.74, 6) is -0.828. The van der Waals surface area contributed by atoms with E-state index in [0.29, 0.717) is 19.3 Å². The Kier molecular flexibility index (Phi) is 33.5. The van der Waals surface area contributed by atoms with Crippen molar-refractivity contribution in [3.63, 3.8) is 0 Å². The van der Waals surface area contributed by atoms with E-state index in [0.717, 1.165) is 64.2 Å². The number of rotatable bonds is 35. The number of nitrogens with one attached hydrogen (secondary N) is 1. The summed E-state index contributed by atoms with van der Waals surface area (Å²) in [6.45, 7) is 6.26. The van der Waals surface area contributed by atoms with Crippen LogP contribution in [0, 0.1) is 0 Å². The van der Waals surface area contributed by atoms with Crippen LogP contribution in [0.1, 0.15) is 207 Å². The number of aliphatic hydroxyl groups excluding tert-OH is 1. The molecule has 1 amide bonds. The molecule has 0 heterocycles. The zero-order valence-electron chi connectivity index (χ0n) is 30.6. The van der Waals surface area contributed by atoms with Gasteiger partial charge in [-0.05, 0) is 25.7 Å². The van der Waals surface area contributed by atoms with Gasteiger partial charge in [-0.3, -0.25) is 14.4 Å². The average Bonchev–Trinajstić information content (AvgIpc) is 3.04. The molecule has 46 heavy (non-hydrogen) atoms. The van der Waals surface area contributed by atoms with E-state index in [4.69, 9.17) is 9.47 Å². The fourth-order valence-electron chi connectivity index (χ4n) is 5.83. The Labute approximate surface area is 284 Å². The Morgan fingerprint density at radius 3 is 1.41 bits per heavy atom. The molecule has 0 radical (unpaired) electrons. The van der Waals surface area contributed by atoms with Crippen molar-refractivity contribution in [2.45, 2.75) is 219 Å². The summed E-state index contributed by atoms with van der Waals surface area (Å²) in [5, 5.41) is 12.5. The number of carbonyl (C=O) groups is 3. The highest BCUT2D eigenvalue weighted by molar-refractivity contribution is 5.76. The van der Waals surface area contributed by atoms with Gasteiger partial charge in [0, 0.05) is 12.8 Å². The second-order valence-corrected chi connectivity index (χ2v) is 13.5. The van der Waals surface area contributed by atoms with Gasteiger partial charge in [-0.25, -0.2) is 0 Å². The third-order valence-corrected chi connectivity index (χ3v) is 8.84. The van der Waals surface area contributed by atoms with E-state index in [2.05, 4.69) is 26.1 Å². The molecule has 0 aromatic carbocycles. The van der Waals surface area contributed by atoms with Crippen molar-refractivity contribution in [2.24, 2.45) is 0 Å². The molecule has 2 unspecified atom stereocenters. The largest absolute Gasteiger partial charge is 0.463 e. The quantitative estimate of drug-likeness (QED) is 0.0521. The third kappa shape index (κ3) is 31.0. The monoisotopic (exact) mass is 654 g/mol. The Hall–Kier alpha value is -1.63. The minimum absolute atomic E-state index is 0.00210. The van der Waals surface area contributed by atoms with Crippen molar-refractivity contribution < 1.29 is 29.0 Å². The molecule has 7 heteroatoms. The first-order chi connectivity index (χ1) is 22.5. The molecule has 2 N–H and O–H groups in total. The maximum absolute atomic E-state index is 12.7. The SMILES string of the molecule is CCCCCCCCCCCCCC(=O)NC(CO)COC(=O)CC(CCCCCCC)OC(=O)CCCCCCCCCCC. The number of hydrogen-bond donors (Lipinski definition) is 2. The number of aliphatic hydroxyl groups is 1. The minimum atomic E-state index is -0.633. The molecule has 0 saturated carbocycles. The van der Waals surface area contributed by atoms with Crippen molar-refractivity contribution in [1.82, 2.24) is 5.32 Å².